The van der Waals surface area contributed by atoms with Gasteiger partial charge in [0.2, 0.25) is 0 Å². The Kier molecular flexibility index (Phi) is 2.57. The highest BCUT2D eigenvalue weighted by Crippen LogP contribution is 2.33. The Balaban J connectivity index is 1.76. The number of aromatic nitrogens is 2. The van der Waals surface area contributed by atoms with E-state index in [1.54, 1.807) is 42.5 Å². The molecule has 2 N–H and O–H groups in total. The predicted molar refractivity (Wildman–Crippen MR) is 94.0 cm³/mol. The Hall–Kier alpha value is -3.67. The van der Waals surface area contributed by atoms with Crippen molar-refractivity contribution in [2.75, 3.05) is 4.90 Å². The molecule has 0 saturated carbocycles. The Morgan fingerprint density at radius 1 is 0.720 bits per heavy atom. The quantitative estimate of drug-likeness (QED) is 0.527. The normalized spacial score (nSPS) is 13.8. The molecule has 2 amide bonds. The van der Waals surface area contributed by atoms with Crippen LogP contribution in [-0.2, 0) is 0 Å². The second kappa shape index (κ2) is 4.67. The summed E-state index contributed by atoms with van der Waals surface area (Å²) in [5, 5.41) is 1.55. The van der Waals surface area contributed by atoms with Gasteiger partial charge in [0.1, 0.15) is 0 Å². The van der Waals surface area contributed by atoms with Crippen molar-refractivity contribution >= 4 is 39.3 Å². The van der Waals surface area contributed by atoms with E-state index in [2.05, 4.69) is 9.97 Å². The van der Waals surface area contributed by atoms with Crippen LogP contribution in [0.4, 0.5) is 5.69 Å². The number of anilines is 1. The lowest BCUT2D eigenvalue weighted by molar-refractivity contribution is 0.0893. The molecule has 3 aromatic carbocycles. The predicted octanol–water partition coefficient (Wildman–Crippen LogP) is 2.81. The average Bonchev–Trinajstić information content (AvgIpc) is 2.99. The summed E-state index contributed by atoms with van der Waals surface area (Å²) in [6.45, 7) is 0. The fourth-order valence-corrected chi connectivity index (χ4v) is 3.42. The summed E-state index contributed by atoms with van der Waals surface area (Å²) in [7, 11) is 0. The molecule has 1 aliphatic rings. The van der Waals surface area contributed by atoms with E-state index in [0.717, 1.165) is 10.3 Å². The van der Waals surface area contributed by atoms with Gasteiger partial charge in [-0.1, -0.05) is 24.3 Å². The lowest BCUT2D eigenvalue weighted by Gasteiger charge is -2.27. The molecule has 5 rings (SSSR count). The third-order valence-electron chi connectivity index (χ3n) is 4.53. The first kappa shape index (κ1) is 13.7. The summed E-state index contributed by atoms with van der Waals surface area (Å²) in [6, 6.07) is 15.8. The zero-order chi connectivity index (χ0) is 17.1. The molecular formula is C19H11N3O3. The van der Waals surface area contributed by atoms with Crippen molar-refractivity contribution in [3.63, 3.8) is 0 Å². The average molecular weight is 329 g/mol. The first-order chi connectivity index (χ1) is 12.1. The fourth-order valence-electron chi connectivity index (χ4n) is 3.42. The van der Waals surface area contributed by atoms with Crippen LogP contribution < -0.4 is 10.6 Å². The zero-order valence-corrected chi connectivity index (χ0v) is 12.9. The van der Waals surface area contributed by atoms with Crippen LogP contribution in [0.25, 0.3) is 21.8 Å². The minimum atomic E-state index is -0.369. The molecule has 120 valence electrons. The van der Waals surface area contributed by atoms with E-state index in [9.17, 15) is 14.4 Å². The van der Waals surface area contributed by atoms with Gasteiger partial charge in [0.25, 0.3) is 11.8 Å². The smallest absolute Gasteiger partial charge is 0.306 e. The number of benzene rings is 3. The number of nitrogens with one attached hydrogen (secondary N) is 2. The lowest BCUT2D eigenvalue weighted by atomic mass is 9.94. The molecule has 0 saturated heterocycles. The van der Waals surface area contributed by atoms with Gasteiger partial charge in [-0.2, -0.15) is 0 Å². The van der Waals surface area contributed by atoms with Crippen molar-refractivity contribution in [3.8, 4) is 0 Å². The molecule has 0 radical (unpaired) electrons. The number of hydrogen-bond acceptors (Lipinski definition) is 3. The van der Waals surface area contributed by atoms with Crippen molar-refractivity contribution in [2.45, 2.75) is 0 Å². The Morgan fingerprint density at radius 3 is 2.04 bits per heavy atom. The largest absolute Gasteiger partial charge is 0.323 e. The van der Waals surface area contributed by atoms with E-state index in [-0.39, 0.29) is 17.5 Å². The minimum Gasteiger partial charge on any atom is -0.306 e. The molecule has 1 aromatic heterocycles. The van der Waals surface area contributed by atoms with Gasteiger partial charge in [-0.15, -0.1) is 0 Å². The van der Waals surface area contributed by atoms with E-state index < -0.39 is 0 Å². The van der Waals surface area contributed by atoms with E-state index in [1.165, 1.54) is 0 Å². The summed E-state index contributed by atoms with van der Waals surface area (Å²) < 4.78 is 0. The van der Waals surface area contributed by atoms with E-state index >= 15 is 0 Å². The summed E-state index contributed by atoms with van der Waals surface area (Å²) >= 11 is 0. The fraction of sp³-hybridized carbons (Fsp3) is 0. The summed E-state index contributed by atoms with van der Waals surface area (Å²) in [5.74, 6) is -0.738. The van der Waals surface area contributed by atoms with Gasteiger partial charge < -0.3 is 9.97 Å². The molecule has 0 aliphatic carbocycles. The zero-order valence-electron chi connectivity index (χ0n) is 12.9. The highest BCUT2D eigenvalue weighted by Gasteiger charge is 2.33. The Labute approximate surface area is 140 Å². The number of amides is 2. The molecule has 0 fully saturated rings. The number of carbonyl (C=O) groups excluding carboxylic acids is 2. The molecule has 2 heterocycles. The van der Waals surface area contributed by atoms with E-state index in [4.69, 9.17) is 0 Å². The topological polar surface area (TPSA) is 86.0 Å². The number of nitrogens with zero attached hydrogens (tertiary/aromatic N) is 1. The van der Waals surface area contributed by atoms with Crippen molar-refractivity contribution in [1.82, 2.24) is 9.97 Å². The Bertz CT molecular complexity index is 1220. The SMILES string of the molecule is O=C1c2cccc3cccc(c23)C(=O)N1c1ccc2[nH]c(=O)[nH]c2c1. The van der Waals surface area contributed by atoms with Gasteiger partial charge in [0, 0.05) is 16.5 Å². The number of carbonyl (C=O) groups is 2. The molecular weight excluding hydrogens is 318 g/mol. The molecule has 0 atom stereocenters. The van der Waals surface area contributed by atoms with Gasteiger partial charge in [-0.3, -0.25) is 9.59 Å². The van der Waals surface area contributed by atoms with Crippen molar-refractivity contribution in [2.24, 2.45) is 0 Å². The molecule has 1 aliphatic heterocycles. The maximum absolute atomic E-state index is 13.0. The van der Waals surface area contributed by atoms with Crippen LogP contribution in [0.1, 0.15) is 20.7 Å². The second-order valence-electron chi connectivity index (χ2n) is 5.96. The van der Waals surface area contributed by atoms with Crippen LogP contribution in [0, 0.1) is 0 Å². The first-order valence-corrected chi connectivity index (χ1v) is 7.76. The van der Waals surface area contributed by atoms with Crippen molar-refractivity contribution in [1.29, 1.82) is 0 Å². The van der Waals surface area contributed by atoms with Crippen LogP contribution in [0.2, 0.25) is 0 Å². The van der Waals surface area contributed by atoms with Crippen LogP contribution in [0.5, 0.6) is 0 Å². The van der Waals surface area contributed by atoms with E-state index in [0.29, 0.717) is 33.2 Å². The summed E-state index contributed by atoms with van der Waals surface area (Å²) in [6.07, 6.45) is 0. The van der Waals surface area contributed by atoms with E-state index in [1.807, 2.05) is 12.1 Å². The third-order valence-corrected chi connectivity index (χ3v) is 4.53. The molecule has 4 aromatic rings. The number of rotatable bonds is 1. The molecule has 0 bridgehead atoms. The molecule has 0 unspecified atom stereocenters. The minimum absolute atomic E-state index is 0.335. The standard InChI is InChI=1S/C19H11N3O3/c23-17-12-5-1-3-10-4-2-6-13(16(10)12)18(24)22(17)11-7-8-14-15(9-11)21-19(25)20-14/h1-9H,(H2,20,21,25). The highest BCUT2D eigenvalue weighted by molar-refractivity contribution is 6.35. The Morgan fingerprint density at radius 2 is 1.36 bits per heavy atom. The lowest BCUT2D eigenvalue weighted by Crippen LogP contribution is -2.40. The molecule has 6 nitrogen and oxygen atoms in total. The van der Waals surface area contributed by atoms with Crippen molar-refractivity contribution in [3.05, 3.63) is 76.2 Å². The first-order valence-electron chi connectivity index (χ1n) is 7.76. The number of aromatic amines is 2. The number of imidazole rings is 1. The summed E-state index contributed by atoms with van der Waals surface area (Å²) in [4.78, 5) is 43.8. The maximum atomic E-state index is 13.0. The van der Waals surface area contributed by atoms with Gasteiger partial charge in [-0.25, -0.2) is 9.69 Å². The van der Waals surface area contributed by atoms with Gasteiger partial charge in [-0.05, 0) is 35.7 Å². The number of imide groups is 1. The van der Waals surface area contributed by atoms with Crippen LogP contribution in [0.15, 0.2) is 59.4 Å². The van der Waals surface area contributed by atoms with Gasteiger partial charge >= 0.3 is 5.69 Å². The van der Waals surface area contributed by atoms with Crippen LogP contribution in [0.3, 0.4) is 0 Å². The van der Waals surface area contributed by atoms with Gasteiger partial charge in [0.15, 0.2) is 0 Å². The summed E-state index contributed by atoms with van der Waals surface area (Å²) in [5.41, 5.74) is 2.24. The van der Waals surface area contributed by atoms with Crippen molar-refractivity contribution < 1.29 is 9.59 Å². The molecule has 25 heavy (non-hydrogen) atoms. The number of hydrogen-bond donors (Lipinski definition) is 2. The molecule has 6 heteroatoms. The molecule has 0 spiro atoms. The van der Waals surface area contributed by atoms with Crippen LogP contribution >= 0.6 is 0 Å². The number of fused-ring (bicyclic) bond motifs is 1. The monoisotopic (exact) mass is 329 g/mol. The maximum Gasteiger partial charge on any atom is 0.323 e. The van der Waals surface area contributed by atoms with Gasteiger partial charge in [0.05, 0.1) is 16.7 Å². The highest BCUT2D eigenvalue weighted by atomic mass is 16.2. The second-order valence-corrected chi connectivity index (χ2v) is 5.96. The third kappa shape index (κ3) is 1.82. The van der Waals surface area contributed by atoms with Crippen LogP contribution in [-0.4, -0.2) is 21.8 Å². The number of H-pyrrole nitrogens is 2.